The number of carbonyl (C=O) groups is 1. The Kier molecular flexibility index (Phi) is 5.00. The van der Waals surface area contributed by atoms with Crippen LogP contribution in [0.25, 0.3) is 0 Å². The van der Waals surface area contributed by atoms with E-state index >= 15 is 0 Å². The van der Waals surface area contributed by atoms with Gasteiger partial charge in [-0.2, -0.15) is 13.2 Å². The van der Waals surface area contributed by atoms with E-state index in [-0.39, 0.29) is 17.7 Å². The third-order valence-electron chi connectivity index (χ3n) is 3.08. The number of carboxylic acids is 1. The Morgan fingerprint density at radius 1 is 1.30 bits per heavy atom. The standard InChI is InChI=1S/C14H14F3N3O2S/c1-8-18-19-12(23-8)7-20(2)6-10-4-3-9(13(21)22)5-11(10)14(15,16)17/h3-5H,6-7H2,1-2H3,(H,21,22). The van der Waals surface area contributed by atoms with Crippen molar-refractivity contribution in [2.24, 2.45) is 0 Å². The summed E-state index contributed by atoms with van der Waals surface area (Å²) < 4.78 is 39.4. The number of hydrogen-bond donors (Lipinski definition) is 1. The van der Waals surface area contributed by atoms with Gasteiger partial charge >= 0.3 is 12.1 Å². The molecule has 1 heterocycles. The van der Waals surface area contributed by atoms with Gasteiger partial charge in [-0.1, -0.05) is 6.07 Å². The highest BCUT2D eigenvalue weighted by molar-refractivity contribution is 7.11. The third kappa shape index (κ3) is 4.49. The summed E-state index contributed by atoms with van der Waals surface area (Å²) in [5, 5.41) is 18.1. The van der Waals surface area contributed by atoms with Crippen LogP contribution in [0.1, 0.15) is 31.5 Å². The van der Waals surface area contributed by atoms with Gasteiger partial charge in [0.2, 0.25) is 0 Å². The van der Waals surface area contributed by atoms with Crippen molar-refractivity contribution >= 4 is 17.3 Å². The molecule has 0 saturated carbocycles. The Hall–Kier alpha value is -2.00. The molecule has 5 nitrogen and oxygen atoms in total. The number of halogens is 3. The zero-order chi connectivity index (χ0) is 17.2. The molecule has 0 bridgehead atoms. The Morgan fingerprint density at radius 3 is 2.52 bits per heavy atom. The van der Waals surface area contributed by atoms with Gasteiger partial charge in [0.15, 0.2) is 0 Å². The van der Waals surface area contributed by atoms with Crippen LogP contribution in [0.15, 0.2) is 18.2 Å². The fraction of sp³-hybridized carbons (Fsp3) is 0.357. The fourth-order valence-electron chi connectivity index (χ4n) is 2.09. The number of carboxylic acid groups (broad SMARTS) is 1. The molecule has 0 unspecified atom stereocenters. The van der Waals surface area contributed by atoms with Gasteiger partial charge in [-0.15, -0.1) is 21.5 Å². The van der Waals surface area contributed by atoms with Crippen LogP contribution in [0.5, 0.6) is 0 Å². The highest BCUT2D eigenvalue weighted by atomic mass is 32.1. The summed E-state index contributed by atoms with van der Waals surface area (Å²) in [6.07, 6.45) is -4.61. The zero-order valence-electron chi connectivity index (χ0n) is 12.4. The topological polar surface area (TPSA) is 66.3 Å². The maximum atomic E-state index is 13.1. The van der Waals surface area contributed by atoms with E-state index in [1.165, 1.54) is 23.5 Å². The van der Waals surface area contributed by atoms with E-state index in [2.05, 4.69) is 10.2 Å². The van der Waals surface area contributed by atoms with Crippen LogP contribution >= 0.6 is 11.3 Å². The number of nitrogens with zero attached hydrogens (tertiary/aromatic N) is 3. The van der Waals surface area contributed by atoms with Crippen molar-refractivity contribution in [1.29, 1.82) is 0 Å². The Balaban J connectivity index is 2.22. The largest absolute Gasteiger partial charge is 0.478 e. The molecule has 1 N–H and O–H groups in total. The summed E-state index contributed by atoms with van der Waals surface area (Å²) in [5.41, 5.74) is -1.30. The summed E-state index contributed by atoms with van der Waals surface area (Å²) in [4.78, 5) is 12.5. The van der Waals surface area contributed by atoms with Crippen molar-refractivity contribution in [1.82, 2.24) is 15.1 Å². The second-order valence-corrected chi connectivity index (χ2v) is 6.33. The van der Waals surface area contributed by atoms with Crippen molar-refractivity contribution in [2.75, 3.05) is 7.05 Å². The number of aromatic carboxylic acids is 1. The van der Waals surface area contributed by atoms with Gasteiger partial charge < -0.3 is 5.11 Å². The Bertz CT molecular complexity index is 716. The van der Waals surface area contributed by atoms with E-state index in [4.69, 9.17) is 5.11 Å². The van der Waals surface area contributed by atoms with Crippen molar-refractivity contribution in [2.45, 2.75) is 26.2 Å². The van der Waals surface area contributed by atoms with Crippen LogP contribution in [0.2, 0.25) is 0 Å². The lowest BCUT2D eigenvalue weighted by molar-refractivity contribution is -0.138. The first-order valence-corrected chi connectivity index (χ1v) is 7.39. The SMILES string of the molecule is Cc1nnc(CN(C)Cc2ccc(C(=O)O)cc2C(F)(F)F)s1. The van der Waals surface area contributed by atoms with E-state index in [1.54, 1.807) is 18.9 Å². The normalized spacial score (nSPS) is 11.9. The van der Waals surface area contributed by atoms with Gasteiger partial charge in [0.1, 0.15) is 10.0 Å². The van der Waals surface area contributed by atoms with Crippen LogP contribution in [-0.2, 0) is 19.3 Å². The summed E-state index contributed by atoms with van der Waals surface area (Å²) in [6, 6.07) is 3.05. The molecule has 23 heavy (non-hydrogen) atoms. The molecule has 1 aromatic carbocycles. The van der Waals surface area contributed by atoms with Crippen LogP contribution in [0.4, 0.5) is 13.2 Å². The van der Waals surface area contributed by atoms with Crippen molar-refractivity contribution in [3.8, 4) is 0 Å². The molecular weight excluding hydrogens is 331 g/mol. The molecule has 1 aromatic heterocycles. The van der Waals surface area contributed by atoms with E-state index in [1.807, 2.05) is 0 Å². The maximum Gasteiger partial charge on any atom is 0.416 e. The van der Waals surface area contributed by atoms with E-state index < -0.39 is 17.7 Å². The van der Waals surface area contributed by atoms with Crippen LogP contribution in [0.3, 0.4) is 0 Å². The average molecular weight is 345 g/mol. The molecule has 124 valence electrons. The van der Waals surface area contributed by atoms with Gasteiger partial charge in [0.05, 0.1) is 17.7 Å². The molecule has 0 fully saturated rings. The highest BCUT2D eigenvalue weighted by Crippen LogP contribution is 2.33. The zero-order valence-corrected chi connectivity index (χ0v) is 13.2. The number of hydrogen-bond acceptors (Lipinski definition) is 5. The minimum absolute atomic E-state index is 0.0197. The minimum atomic E-state index is -4.61. The molecule has 0 aliphatic heterocycles. The first kappa shape index (κ1) is 17.4. The van der Waals surface area contributed by atoms with Gasteiger partial charge in [-0.25, -0.2) is 4.79 Å². The fourth-order valence-corrected chi connectivity index (χ4v) is 2.88. The molecule has 0 aliphatic rings. The van der Waals surface area contributed by atoms with E-state index in [0.29, 0.717) is 17.6 Å². The van der Waals surface area contributed by atoms with Crippen LogP contribution in [0, 0.1) is 6.92 Å². The van der Waals surface area contributed by atoms with Crippen molar-refractivity contribution in [3.63, 3.8) is 0 Å². The number of benzene rings is 1. The molecular formula is C14H14F3N3O2S. The molecule has 2 aromatic rings. The van der Waals surface area contributed by atoms with E-state index in [9.17, 15) is 18.0 Å². The molecule has 2 rings (SSSR count). The number of alkyl halides is 3. The highest BCUT2D eigenvalue weighted by Gasteiger charge is 2.34. The summed E-state index contributed by atoms with van der Waals surface area (Å²) >= 11 is 1.38. The lowest BCUT2D eigenvalue weighted by atomic mass is 10.0. The first-order valence-electron chi connectivity index (χ1n) is 6.57. The Morgan fingerprint density at radius 2 is 2.00 bits per heavy atom. The number of aryl methyl sites for hydroxylation is 1. The minimum Gasteiger partial charge on any atom is -0.478 e. The molecule has 0 amide bonds. The lowest BCUT2D eigenvalue weighted by Crippen LogP contribution is -2.20. The molecule has 0 saturated heterocycles. The van der Waals surface area contributed by atoms with Crippen LogP contribution in [-0.4, -0.2) is 33.2 Å². The first-order chi connectivity index (χ1) is 10.7. The number of rotatable bonds is 5. The van der Waals surface area contributed by atoms with Crippen LogP contribution < -0.4 is 0 Å². The van der Waals surface area contributed by atoms with Gasteiger partial charge in [0, 0.05) is 6.54 Å². The Labute approximate surface area is 134 Å². The molecule has 0 aliphatic carbocycles. The van der Waals surface area contributed by atoms with Gasteiger partial charge in [-0.05, 0) is 31.7 Å². The molecule has 0 radical (unpaired) electrons. The van der Waals surface area contributed by atoms with Crippen molar-refractivity contribution in [3.05, 3.63) is 44.9 Å². The summed E-state index contributed by atoms with van der Waals surface area (Å²) in [6.45, 7) is 2.18. The maximum absolute atomic E-state index is 13.1. The lowest BCUT2D eigenvalue weighted by Gasteiger charge is -2.19. The molecule has 9 heteroatoms. The summed E-state index contributed by atoms with van der Waals surface area (Å²) in [5.74, 6) is -1.39. The monoisotopic (exact) mass is 345 g/mol. The second-order valence-electron chi connectivity index (χ2n) is 5.06. The predicted octanol–water partition coefficient (Wildman–Crippen LogP) is 3.20. The molecule has 0 atom stereocenters. The van der Waals surface area contributed by atoms with Gasteiger partial charge in [0.25, 0.3) is 0 Å². The molecule has 0 spiro atoms. The quantitative estimate of drug-likeness (QED) is 0.901. The smallest absolute Gasteiger partial charge is 0.416 e. The number of aromatic nitrogens is 2. The predicted molar refractivity (Wildman–Crippen MR) is 78.2 cm³/mol. The van der Waals surface area contributed by atoms with Crippen molar-refractivity contribution < 1.29 is 23.1 Å². The van der Waals surface area contributed by atoms with Gasteiger partial charge in [-0.3, -0.25) is 4.90 Å². The van der Waals surface area contributed by atoms with E-state index in [0.717, 1.165) is 5.01 Å². The second kappa shape index (κ2) is 6.63. The third-order valence-corrected chi connectivity index (χ3v) is 3.90. The average Bonchev–Trinajstić information content (AvgIpc) is 2.82. The summed E-state index contributed by atoms with van der Waals surface area (Å²) in [7, 11) is 1.67.